The fraction of sp³-hybridized carbons (Fsp3) is 0.300. The Bertz CT molecular complexity index is 731. The molecule has 1 amide bonds. The average Bonchev–Trinajstić information content (AvgIpc) is 2.60. The van der Waals surface area contributed by atoms with Gasteiger partial charge >= 0.3 is 5.97 Å². The molecular formula is C20H22FNO4. The number of aliphatic carboxylic acids is 1. The number of benzene rings is 2. The van der Waals surface area contributed by atoms with Crippen molar-refractivity contribution in [3.63, 3.8) is 0 Å². The predicted octanol–water partition coefficient (Wildman–Crippen LogP) is 3.21. The summed E-state index contributed by atoms with van der Waals surface area (Å²) in [6.45, 7) is 3.67. The first-order valence-corrected chi connectivity index (χ1v) is 8.36. The third-order valence-electron chi connectivity index (χ3n) is 3.94. The first-order valence-electron chi connectivity index (χ1n) is 8.36. The summed E-state index contributed by atoms with van der Waals surface area (Å²) >= 11 is 0. The lowest BCUT2D eigenvalue weighted by Crippen LogP contribution is -2.42. The van der Waals surface area contributed by atoms with Crippen molar-refractivity contribution in [2.45, 2.75) is 25.9 Å². The van der Waals surface area contributed by atoms with E-state index in [1.165, 1.54) is 24.3 Å². The molecule has 0 fully saturated rings. The zero-order chi connectivity index (χ0) is 19.1. The van der Waals surface area contributed by atoms with Gasteiger partial charge in [0, 0.05) is 0 Å². The van der Waals surface area contributed by atoms with Crippen LogP contribution in [0.25, 0.3) is 0 Å². The van der Waals surface area contributed by atoms with E-state index in [2.05, 4.69) is 5.32 Å². The molecule has 2 rings (SSSR count). The Kier molecular flexibility index (Phi) is 6.72. The van der Waals surface area contributed by atoms with Crippen LogP contribution in [0.3, 0.4) is 0 Å². The number of rotatable bonds is 8. The molecular weight excluding hydrogens is 337 g/mol. The maximum Gasteiger partial charge on any atom is 0.346 e. The highest BCUT2D eigenvalue weighted by atomic mass is 19.1. The van der Waals surface area contributed by atoms with E-state index in [-0.39, 0.29) is 24.1 Å². The third-order valence-corrected chi connectivity index (χ3v) is 3.94. The normalized spacial score (nSPS) is 13.1. The van der Waals surface area contributed by atoms with Crippen molar-refractivity contribution in [2.24, 2.45) is 5.92 Å². The molecule has 0 saturated heterocycles. The fourth-order valence-corrected chi connectivity index (χ4v) is 2.66. The minimum absolute atomic E-state index is 0.0405. The van der Waals surface area contributed by atoms with Crippen LogP contribution >= 0.6 is 0 Å². The Hall–Kier alpha value is -2.89. The molecule has 2 unspecified atom stereocenters. The number of halogens is 1. The van der Waals surface area contributed by atoms with Crippen LogP contribution < -0.4 is 10.1 Å². The molecule has 0 heterocycles. The summed E-state index contributed by atoms with van der Waals surface area (Å²) in [6, 6.07) is 14.4. The summed E-state index contributed by atoms with van der Waals surface area (Å²) in [4.78, 5) is 24.0. The van der Waals surface area contributed by atoms with E-state index >= 15 is 0 Å². The van der Waals surface area contributed by atoms with Gasteiger partial charge in [0.25, 0.3) is 0 Å². The summed E-state index contributed by atoms with van der Waals surface area (Å²) in [5.74, 6) is -2.05. The van der Waals surface area contributed by atoms with E-state index < -0.39 is 23.8 Å². The number of carboxylic acid groups (broad SMARTS) is 1. The van der Waals surface area contributed by atoms with Gasteiger partial charge < -0.3 is 15.2 Å². The highest BCUT2D eigenvalue weighted by molar-refractivity contribution is 5.84. The van der Waals surface area contributed by atoms with Crippen LogP contribution in [-0.4, -0.2) is 29.6 Å². The zero-order valence-electron chi connectivity index (χ0n) is 14.7. The molecule has 0 aliphatic rings. The number of amides is 1. The molecule has 2 aromatic carbocycles. The molecule has 0 radical (unpaired) electrons. The van der Waals surface area contributed by atoms with Gasteiger partial charge in [-0.3, -0.25) is 4.79 Å². The lowest BCUT2D eigenvalue weighted by Gasteiger charge is -2.22. The van der Waals surface area contributed by atoms with Gasteiger partial charge in [0.05, 0.1) is 12.5 Å². The molecule has 0 aromatic heterocycles. The number of carboxylic acids is 1. The molecule has 2 atom stereocenters. The van der Waals surface area contributed by atoms with Crippen LogP contribution in [0.4, 0.5) is 4.39 Å². The number of carbonyl (C=O) groups excluding carboxylic acids is 1. The standard InChI is InChI=1S/C20H22FNO4/c1-13(2)18(14-6-4-3-5-7-14)19(23)22-12-17(20(24)25)26-16-10-8-15(21)9-11-16/h3-11,13,17-18H,12H2,1-2H3,(H,22,23)(H,24,25). The zero-order valence-corrected chi connectivity index (χ0v) is 14.7. The van der Waals surface area contributed by atoms with E-state index in [1.54, 1.807) is 0 Å². The van der Waals surface area contributed by atoms with Crippen molar-refractivity contribution >= 4 is 11.9 Å². The minimum Gasteiger partial charge on any atom is -0.478 e. The molecule has 6 heteroatoms. The molecule has 138 valence electrons. The number of carbonyl (C=O) groups is 2. The number of hydrogen-bond donors (Lipinski definition) is 2. The first kappa shape index (κ1) is 19.4. The summed E-state index contributed by atoms with van der Waals surface area (Å²) in [7, 11) is 0. The molecule has 0 aliphatic heterocycles. The lowest BCUT2D eigenvalue weighted by molar-refractivity contribution is -0.145. The van der Waals surface area contributed by atoms with Gasteiger partial charge in [-0.25, -0.2) is 9.18 Å². The second kappa shape index (κ2) is 8.99. The molecule has 0 aliphatic carbocycles. The first-order chi connectivity index (χ1) is 12.4. The van der Waals surface area contributed by atoms with Crippen molar-refractivity contribution in [2.75, 3.05) is 6.54 Å². The second-order valence-electron chi connectivity index (χ2n) is 6.28. The van der Waals surface area contributed by atoms with Gasteiger partial charge in [-0.05, 0) is 35.7 Å². The number of ether oxygens (including phenoxy) is 1. The van der Waals surface area contributed by atoms with Gasteiger partial charge in [0.1, 0.15) is 11.6 Å². The summed E-state index contributed by atoms with van der Waals surface area (Å²) in [5.41, 5.74) is 0.867. The largest absolute Gasteiger partial charge is 0.478 e. The van der Waals surface area contributed by atoms with Crippen LogP contribution in [0.1, 0.15) is 25.3 Å². The topological polar surface area (TPSA) is 75.6 Å². The van der Waals surface area contributed by atoms with Gasteiger partial charge in [-0.2, -0.15) is 0 Å². The predicted molar refractivity (Wildman–Crippen MR) is 95.5 cm³/mol. The number of hydrogen-bond acceptors (Lipinski definition) is 3. The maximum atomic E-state index is 12.9. The van der Waals surface area contributed by atoms with Crippen LogP contribution in [0.5, 0.6) is 5.75 Å². The number of nitrogens with one attached hydrogen (secondary N) is 1. The van der Waals surface area contributed by atoms with Crippen molar-refractivity contribution in [3.05, 3.63) is 66.0 Å². The molecule has 5 nitrogen and oxygen atoms in total. The van der Waals surface area contributed by atoms with Crippen molar-refractivity contribution in [1.29, 1.82) is 0 Å². The second-order valence-corrected chi connectivity index (χ2v) is 6.28. The van der Waals surface area contributed by atoms with Gasteiger partial charge in [0.2, 0.25) is 12.0 Å². The SMILES string of the molecule is CC(C)C(C(=O)NCC(Oc1ccc(F)cc1)C(=O)O)c1ccccc1. The van der Waals surface area contributed by atoms with E-state index in [0.29, 0.717) is 0 Å². The Labute approximate surface area is 151 Å². The van der Waals surface area contributed by atoms with Crippen LogP contribution in [-0.2, 0) is 9.59 Å². The fourth-order valence-electron chi connectivity index (χ4n) is 2.66. The molecule has 0 saturated carbocycles. The molecule has 2 aromatic rings. The highest BCUT2D eigenvalue weighted by Gasteiger charge is 2.26. The van der Waals surface area contributed by atoms with Crippen LogP contribution in [0, 0.1) is 11.7 Å². The van der Waals surface area contributed by atoms with Gasteiger partial charge in [-0.1, -0.05) is 44.2 Å². The Morgan fingerprint density at radius 1 is 1.08 bits per heavy atom. The van der Waals surface area contributed by atoms with Gasteiger partial charge in [0.15, 0.2) is 0 Å². The summed E-state index contributed by atoms with van der Waals surface area (Å²) in [5, 5.41) is 12.0. The molecule has 0 spiro atoms. The highest BCUT2D eigenvalue weighted by Crippen LogP contribution is 2.24. The van der Waals surface area contributed by atoms with E-state index in [9.17, 15) is 19.1 Å². The van der Waals surface area contributed by atoms with Crippen LogP contribution in [0.15, 0.2) is 54.6 Å². The minimum atomic E-state index is -1.27. The summed E-state index contributed by atoms with van der Waals surface area (Å²) in [6.07, 6.45) is -1.27. The average molecular weight is 359 g/mol. The van der Waals surface area contributed by atoms with Crippen molar-refractivity contribution in [1.82, 2.24) is 5.32 Å². The van der Waals surface area contributed by atoms with Crippen molar-refractivity contribution < 1.29 is 23.8 Å². The smallest absolute Gasteiger partial charge is 0.346 e. The van der Waals surface area contributed by atoms with Gasteiger partial charge in [-0.15, -0.1) is 0 Å². The molecule has 2 N–H and O–H groups in total. The van der Waals surface area contributed by atoms with Crippen molar-refractivity contribution in [3.8, 4) is 5.75 Å². The molecule has 26 heavy (non-hydrogen) atoms. The monoisotopic (exact) mass is 359 g/mol. The quantitative estimate of drug-likeness (QED) is 0.759. The summed E-state index contributed by atoms with van der Waals surface area (Å²) < 4.78 is 18.3. The van der Waals surface area contributed by atoms with E-state index in [4.69, 9.17) is 4.74 Å². The lowest BCUT2D eigenvalue weighted by atomic mass is 9.87. The Morgan fingerprint density at radius 3 is 2.23 bits per heavy atom. The van der Waals surface area contributed by atoms with E-state index in [0.717, 1.165) is 5.56 Å². The maximum absolute atomic E-state index is 12.9. The Balaban J connectivity index is 2.03. The van der Waals surface area contributed by atoms with Crippen LogP contribution in [0.2, 0.25) is 0 Å². The third kappa shape index (κ3) is 5.31. The van der Waals surface area contributed by atoms with E-state index in [1.807, 2.05) is 44.2 Å². The Morgan fingerprint density at radius 2 is 1.69 bits per heavy atom. The molecule has 0 bridgehead atoms.